The Labute approximate surface area is 245 Å². The van der Waals surface area contributed by atoms with Crippen molar-refractivity contribution in [1.82, 2.24) is 25.2 Å². The summed E-state index contributed by atoms with van der Waals surface area (Å²) in [4.78, 5) is 24.2. The fraction of sp³-hybridized carbons (Fsp3) is 0.452. The van der Waals surface area contributed by atoms with Crippen LogP contribution in [0.5, 0.6) is 5.75 Å². The van der Waals surface area contributed by atoms with Crippen LogP contribution in [-0.2, 0) is 30.7 Å². The van der Waals surface area contributed by atoms with E-state index in [0.29, 0.717) is 67.3 Å². The standard InChI is InChI=1S/C31H30F3N5O4/c1-17-35-30(43-37-17)25-14-24(25)27(40)10-8-18-7-9-22(20-3-2-4-21(13-20)41-31(32,33)34)23-11-12-39(15-26(18)23)16-28-36-29(42-38-28)19-5-6-19/h2-4,7,9,13,19,24-25H,5-6,8,10-12,14-16H2,1H3/t24?,25-/m1/s1. The van der Waals surface area contributed by atoms with Crippen molar-refractivity contribution in [2.45, 2.75) is 76.7 Å². The SMILES string of the molecule is Cc1noc([C@@H]2CC2C(=O)CCc2ccc(-c3cccc(OC(F)(F)F)c3)c3c2CN(Cc2noc(C4CC4)n2)CC3)n1. The van der Waals surface area contributed by atoms with Gasteiger partial charge in [0.2, 0.25) is 11.8 Å². The molecule has 2 aliphatic carbocycles. The smallest absolute Gasteiger partial charge is 0.406 e. The number of hydrogen-bond acceptors (Lipinski definition) is 9. The number of carbonyl (C=O) groups is 1. The van der Waals surface area contributed by atoms with Gasteiger partial charge >= 0.3 is 6.36 Å². The molecule has 2 saturated carbocycles. The molecule has 224 valence electrons. The van der Waals surface area contributed by atoms with E-state index in [1.165, 1.54) is 12.1 Å². The van der Waals surface area contributed by atoms with Crippen LogP contribution in [0.1, 0.15) is 77.6 Å². The van der Waals surface area contributed by atoms with Crippen molar-refractivity contribution in [3.05, 3.63) is 76.5 Å². The van der Waals surface area contributed by atoms with Gasteiger partial charge in [-0.15, -0.1) is 13.2 Å². The molecule has 0 saturated heterocycles. The zero-order valence-electron chi connectivity index (χ0n) is 23.6. The van der Waals surface area contributed by atoms with E-state index in [4.69, 9.17) is 9.05 Å². The maximum atomic E-state index is 13.1. The second-order valence-corrected chi connectivity index (χ2v) is 11.7. The number of halogens is 3. The molecule has 2 atom stereocenters. The van der Waals surface area contributed by atoms with Crippen molar-refractivity contribution in [1.29, 1.82) is 0 Å². The fourth-order valence-corrected chi connectivity index (χ4v) is 6.06. The largest absolute Gasteiger partial charge is 0.573 e. The third-order valence-electron chi connectivity index (χ3n) is 8.45. The number of hydrogen-bond donors (Lipinski definition) is 0. The Bertz CT molecular complexity index is 1660. The maximum absolute atomic E-state index is 13.1. The van der Waals surface area contributed by atoms with Gasteiger partial charge in [-0.05, 0) is 79.0 Å². The van der Waals surface area contributed by atoms with Crippen molar-refractivity contribution in [2.75, 3.05) is 6.54 Å². The van der Waals surface area contributed by atoms with Gasteiger partial charge in [-0.1, -0.05) is 34.6 Å². The number of aryl methyl sites for hydroxylation is 2. The maximum Gasteiger partial charge on any atom is 0.573 e. The topological polar surface area (TPSA) is 107 Å². The summed E-state index contributed by atoms with van der Waals surface area (Å²) in [5.74, 6) is 2.59. The molecule has 0 bridgehead atoms. The number of ether oxygens (including phenoxy) is 1. The average Bonchev–Trinajstić information content (AvgIpc) is 3.89. The van der Waals surface area contributed by atoms with Crippen LogP contribution in [-0.4, -0.2) is 43.9 Å². The van der Waals surface area contributed by atoms with Gasteiger partial charge in [0.25, 0.3) is 0 Å². The zero-order chi connectivity index (χ0) is 29.7. The van der Waals surface area contributed by atoms with Gasteiger partial charge in [0.1, 0.15) is 11.5 Å². The van der Waals surface area contributed by atoms with Crippen molar-refractivity contribution in [3.63, 3.8) is 0 Å². The number of aromatic nitrogens is 4. The Morgan fingerprint density at radius 1 is 1.07 bits per heavy atom. The molecular formula is C31H30F3N5O4. The molecule has 1 unspecified atom stereocenters. The summed E-state index contributed by atoms with van der Waals surface area (Å²) in [5, 5.41) is 8.02. The van der Waals surface area contributed by atoms with Crippen LogP contribution in [0.4, 0.5) is 13.2 Å². The first-order valence-corrected chi connectivity index (χ1v) is 14.6. The molecule has 9 nitrogen and oxygen atoms in total. The normalized spacial score (nSPS) is 20.2. The highest BCUT2D eigenvalue weighted by Gasteiger charge is 2.47. The van der Waals surface area contributed by atoms with Crippen molar-refractivity contribution in [2.24, 2.45) is 5.92 Å². The summed E-state index contributed by atoms with van der Waals surface area (Å²) >= 11 is 0. The van der Waals surface area contributed by atoms with Crippen LogP contribution in [0.3, 0.4) is 0 Å². The summed E-state index contributed by atoms with van der Waals surface area (Å²) < 4.78 is 53.7. The van der Waals surface area contributed by atoms with Crippen molar-refractivity contribution in [3.8, 4) is 16.9 Å². The Balaban J connectivity index is 1.13. The van der Waals surface area contributed by atoms with E-state index in [1.54, 1.807) is 19.1 Å². The first-order chi connectivity index (χ1) is 20.7. The first kappa shape index (κ1) is 27.8. The van der Waals surface area contributed by atoms with Gasteiger partial charge in [0.05, 0.1) is 6.54 Å². The molecule has 43 heavy (non-hydrogen) atoms. The van der Waals surface area contributed by atoms with E-state index in [1.807, 2.05) is 12.1 Å². The molecule has 3 aliphatic rings. The van der Waals surface area contributed by atoms with Crippen molar-refractivity contribution < 1.29 is 31.7 Å². The molecule has 1 aliphatic heterocycles. The molecule has 7 rings (SSSR count). The molecule has 2 aromatic heterocycles. The first-order valence-electron chi connectivity index (χ1n) is 14.6. The van der Waals surface area contributed by atoms with Crippen LogP contribution in [0.15, 0.2) is 45.4 Å². The fourth-order valence-electron chi connectivity index (χ4n) is 6.06. The van der Waals surface area contributed by atoms with Gasteiger partial charge in [0.15, 0.2) is 11.6 Å². The molecule has 0 N–H and O–H groups in total. The Morgan fingerprint density at radius 2 is 1.91 bits per heavy atom. The van der Waals surface area contributed by atoms with Crippen molar-refractivity contribution >= 4 is 5.78 Å². The summed E-state index contributed by atoms with van der Waals surface area (Å²) in [5.41, 5.74) is 4.73. The van der Waals surface area contributed by atoms with Gasteiger partial charge in [0, 0.05) is 37.3 Å². The van der Waals surface area contributed by atoms with Crippen LogP contribution in [0, 0.1) is 12.8 Å². The third kappa shape index (κ3) is 6.20. The molecule has 3 heterocycles. The van der Waals surface area contributed by atoms with E-state index in [-0.39, 0.29) is 23.4 Å². The van der Waals surface area contributed by atoms with Crippen LogP contribution in [0.25, 0.3) is 11.1 Å². The predicted molar refractivity (Wildman–Crippen MR) is 146 cm³/mol. The van der Waals surface area contributed by atoms with E-state index in [2.05, 4.69) is 29.9 Å². The lowest BCUT2D eigenvalue weighted by Crippen LogP contribution is -2.31. The molecule has 0 radical (unpaired) electrons. The lowest BCUT2D eigenvalue weighted by atomic mass is 9.86. The second-order valence-electron chi connectivity index (χ2n) is 11.7. The molecular weight excluding hydrogens is 563 g/mol. The summed E-state index contributed by atoms with van der Waals surface area (Å²) in [6, 6.07) is 10.0. The molecule has 4 aromatic rings. The number of fused-ring (bicyclic) bond motifs is 1. The van der Waals surface area contributed by atoms with Crippen LogP contribution >= 0.6 is 0 Å². The van der Waals surface area contributed by atoms with E-state index in [0.717, 1.165) is 48.1 Å². The molecule has 2 fully saturated rings. The number of ketones is 1. The highest BCUT2D eigenvalue weighted by molar-refractivity contribution is 5.85. The van der Waals surface area contributed by atoms with E-state index < -0.39 is 6.36 Å². The van der Waals surface area contributed by atoms with Gasteiger partial charge in [-0.2, -0.15) is 9.97 Å². The van der Waals surface area contributed by atoms with Gasteiger partial charge < -0.3 is 13.8 Å². The second kappa shape index (κ2) is 10.9. The molecule has 0 amide bonds. The Morgan fingerprint density at radius 3 is 2.67 bits per heavy atom. The average molecular weight is 594 g/mol. The molecule has 0 spiro atoms. The monoisotopic (exact) mass is 593 g/mol. The zero-order valence-corrected chi connectivity index (χ0v) is 23.6. The summed E-state index contributed by atoms with van der Waals surface area (Å²) in [7, 11) is 0. The number of rotatable bonds is 10. The minimum atomic E-state index is -4.77. The number of benzene rings is 2. The number of Topliss-reactive ketones (excluding diaryl/α,β-unsaturated/α-hetero) is 1. The summed E-state index contributed by atoms with van der Waals surface area (Å²) in [6.07, 6.45) is -0.270. The van der Waals surface area contributed by atoms with Gasteiger partial charge in [-0.25, -0.2) is 0 Å². The van der Waals surface area contributed by atoms with E-state index >= 15 is 0 Å². The predicted octanol–water partition coefficient (Wildman–Crippen LogP) is 6.07. The summed E-state index contributed by atoms with van der Waals surface area (Å²) in [6.45, 7) is 3.61. The highest BCUT2D eigenvalue weighted by atomic mass is 19.4. The van der Waals surface area contributed by atoms with Gasteiger partial charge in [-0.3, -0.25) is 9.69 Å². The third-order valence-corrected chi connectivity index (χ3v) is 8.45. The molecule has 2 aromatic carbocycles. The van der Waals surface area contributed by atoms with E-state index in [9.17, 15) is 18.0 Å². The highest BCUT2D eigenvalue weighted by Crippen LogP contribution is 2.48. The number of carbonyl (C=O) groups excluding carboxylic acids is 1. The van der Waals surface area contributed by atoms with Crippen LogP contribution < -0.4 is 4.74 Å². The minimum absolute atomic E-state index is 0.0119. The lowest BCUT2D eigenvalue weighted by Gasteiger charge is -2.31. The lowest BCUT2D eigenvalue weighted by molar-refractivity contribution is -0.274. The Kier molecular flexibility index (Phi) is 7.03. The van der Waals surface area contributed by atoms with Crippen LogP contribution in [0.2, 0.25) is 0 Å². The number of alkyl halides is 3. The minimum Gasteiger partial charge on any atom is -0.406 e. The molecule has 12 heteroatoms. The number of nitrogens with zero attached hydrogens (tertiary/aromatic N) is 5. The quantitative estimate of drug-likeness (QED) is 0.217. The Hall–Kier alpha value is -4.06.